The normalized spacial score (nSPS) is 25.1. The molecule has 1 heterocycles. The molecule has 2 unspecified atom stereocenters. The van der Waals surface area contributed by atoms with Gasteiger partial charge in [-0.25, -0.2) is 0 Å². The summed E-state index contributed by atoms with van der Waals surface area (Å²) in [5.74, 6) is 0.777. The first-order valence-corrected chi connectivity index (χ1v) is 6.67. The molecule has 0 saturated carbocycles. The molecule has 1 aromatic carbocycles. The molecule has 2 rings (SSSR count). The zero-order chi connectivity index (χ0) is 11.7. The fourth-order valence-electron chi connectivity index (χ4n) is 2.65. The smallest absolute Gasteiger partial charge is 0.0425 e. The molecular formula is C13H19BrN2. The van der Waals surface area contributed by atoms with Crippen LogP contribution >= 0.6 is 15.9 Å². The SMILES string of the molecule is CC1CC(C)N(c2cccc(Br)c2CN)C1. The van der Waals surface area contributed by atoms with Gasteiger partial charge in [-0.2, -0.15) is 0 Å². The van der Waals surface area contributed by atoms with E-state index >= 15 is 0 Å². The Balaban J connectivity index is 2.36. The zero-order valence-corrected chi connectivity index (χ0v) is 11.5. The molecule has 1 aliphatic heterocycles. The summed E-state index contributed by atoms with van der Waals surface area (Å²) < 4.78 is 1.12. The summed E-state index contributed by atoms with van der Waals surface area (Å²) in [5, 5.41) is 0. The molecule has 1 saturated heterocycles. The van der Waals surface area contributed by atoms with Crippen LogP contribution in [0.1, 0.15) is 25.8 Å². The van der Waals surface area contributed by atoms with Crippen LogP contribution in [0.15, 0.2) is 22.7 Å². The van der Waals surface area contributed by atoms with Crippen molar-refractivity contribution in [1.82, 2.24) is 0 Å². The number of nitrogens with two attached hydrogens (primary N) is 1. The standard InChI is InChI=1S/C13H19BrN2/c1-9-6-10(2)16(8-9)13-5-3-4-12(14)11(13)7-15/h3-5,9-10H,6-8,15H2,1-2H3. The number of rotatable bonds is 2. The first kappa shape index (κ1) is 11.9. The summed E-state index contributed by atoms with van der Waals surface area (Å²) in [6.07, 6.45) is 1.27. The highest BCUT2D eigenvalue weighted by Gasteiger charge is 2.27. The molecule has 0 spiro atoms. The largest absolute Gasteiger partial charge is 0.368 e. The maximum Gasteiger partial charge on any atom is 0.0425 e. The van der Waals surface area contributed by atoms with Crippen LogP contribution in [0.3, 0.4) is 0 Å². The molecule has 0 aromatic heterocycles. The lowest BCUT2D eigenvalue weighted by Gasteiger charge is -2.26. The van der Waals surface area contributed by atoms with Crippen molar-refractivity contribution in [2.75, 3.05) is 11.4 Å². The molecule has 3 heteroatoms. The summed E-state index contributed by atoms with van der Waals surface area (Å²) in [4.78, 5) is 2.48. The van der Waals surface area contributed by atoms with Crippen molar-refractivity contribution in [2.45, 2.75) is 32.9 Å². The molecule has 0 bridgehead atoms. The summed E-state index contributed by atoms with van der Waals surface area (Å²) in [6.45, 7) is 6.35. The van der Waals surface area contributed by atoms with Gasteiger partial charge < -0.3 is 10.6 Å². The summed E-state index contributed by atoms with van der Waals surface area (Å²) >= 11 is 3.58. The second kappa shape index (κ2) is 4.76. The lowest BCUT2D eigenvalue weighted by atomic mass is 10.1. The van der Waals surface area contributed by atoms with E-state index < -0.39 is 0 Å². The van der Waals surface area contributed by atoms with Gasteiger partial charge in [0.15, 0.2) is 0 Å². The van der Waals surface area contributed by atoms with Crippen LogP contribution in [0, 0.1) is 5.92 Å². The van der Waals surface area contributed by atoms with E-state index in [1.165, 1.54) is 17.7 Å². The zero-order valence-electron chi connectivity index (χ0n) is 9.91. The van der Waals surface area contributed by atoms with E-state index in [1.54, 1.807) is 0 Å². The highest BCUT2D eigenvalue weighted by atomic mass is 79.9. The highest BCUT2D eigenvalue weighted by Crippen LogP contribution is 2.34. The first-order chi connectivity index (χ1) is 7.63. The molecule has 0 aliphatic carbocycles. The van der Waals surface area contributed by atoms with Crippen molar-refractivity contribution < 1.29 is 0 Å². The predicted octanol–water partition coefficient (Wildman–Crippen LogP) is 3.14. The molecule has 1 aliphatic rings. The van der Waals surface area contributed by atoms with Gasteiger partial charge in [-0.15, -0.1) is 0 Å². The maximum atomic E-state index is 5.84. The fraction of sp³-hybridized carbons (Fsp3) is 0.538. The highest BCUT2D eigenvalue weighted by molar-refractivity contribution is 9.10. The number of hydrogen-bond acceptors (Lipinski definition) is 2. The van der Waals surface area contributed by atoms with Crippen LogP contribution in [-0.4, -0.2) is 12.6 Å². The Labute approximate surface area is 106 Å². The monoisotopic (exact) mass is 282 g/mol. The van der Waals surface area contributed by atoms with Gasteiger partial charge in [-0.1, -0.05) is 28.9 Å². The third-order valence-corrected chi connectivity index (χ3v) is 4.13. The molecule has 0 amide bonds. The van der Waals surface area contributed by atoms with E-state index in [2.05, 4.69) is 52.9 Å². The van der Waals surface area contributed by atoms with Crippen molar-refractivity contribution in [3.05, 3.63) is 28.2 Å². The molecule has 2 atom stereocenters. The van der Waals surface area contributed by atoms with Gasteiger partial charge in [0.05, 0.1) is 0 Å². The third-order valence-electron chi connectivity index (χ3n) is 3.39. The van der Waals surface area contributed by atoms with Crippen LogP contribution < -0.4 is 10.6 Å². The van der Waals surface area contributed by atoms with E-state index in [4.69, 9.17) is 5.73 Å². The Morgan fingerprint density at radius 3 is 2.75 bits per heavy atom. The van der Waals surface area contributed by atoms with Gasteiger partial charge in [0.25, 0.3) is 0 Å². The quantitative estimate of drug-likeness (QED) is 0.903. The van der Waals surface area contributed by atoms with Crippen molar-refractivity contribution >= 4 is 21.6 Å². The Hall–Kier alpha value is -0.540. The number of hydrogen-bond donors (Lipinski definition) is 1. The fourth-order valence-corrected chi connectivity index (χ4v) is 3.17. The lowest BCUT2D eigenvalue weighted by Crippen LogP contribution is -2.28. The molecular weight excluding hydrogens is 264 g/mol. The van der Waals surface area contributed by atoms with E-state index in [9.17, 15) is 0 Å². The lowest BCUT2D eigenvalue weighted by molar-refractivity contribution is 0.625. The van der Waals surface area contributed by atoms with E-state index in [0.717, 1.165) is 16.9 Å². The van der Waals surface area contributed by atoms with Gasteiger partial charge in [0.1, 0.15) is 0 Å². The van der Waals surface area contributed by atoms with Crippen LogP contribution in [0.5, 0.6) is 0 Å². The first-order valence-electron chi connectivity index (χ1n) is 5.87. The Kier molecular flexibility index (Phi) is 3.55. The van der Waals surface area contributed by atoms with Crippen molar-refractivity contribution in [3.8, 4) is 0 Å². The summed E-state index contributed by atoms with van der Waals surface area (Å²) in [7, 11) is 0. The maximum absolute atomic E-state index is 5.84. The van der Waals surface area contributed by atoms with Crippen LogP contribution in [-0.2, 0) is 6.54 Å². The average molecular weight is 283 g/mol. The average Bonchev–Trinajstić information content (AvgIpc) is 2.57. The molecule has 1 fully saturated rings. The molecule has 0 radical (unpaired) electrons. The minimum Gasteiger partial charge on any atom is -0.368 e. The number of anilines is 1. The van der Waals surface area contributed by atoms with Crippen molar-refractivity contribution in [2.24, 2.45) is 11.7 Å². The molecule has 16 heavy (non-hydrogen) atoms. The van der Waals surface area contributed by atoms with Gasteiger partial charge in [0, 0.05) is 34.9 Å². The Morgan fingerprint density at radius 1 is 1.44 bits per heavy atom. The van der Waals surface area contributed by atoms with Gasteiger partial charge >= 0.3 is 0 Å². The van der Waals surface area contributed by atoms with Crippen LogP contribution in [0.25, 0.3) is 0 Å². The molecule has 2 nitrogen and oxygen atoms in total. The molecule has 1 aromatic rings. The van der Waals surface area contributed by atoms with E-state index in [0.29, 0.717) is 12.6 Å². The Bertz CT molecular complexity index is 378. The Morgan fingerprint density at radius 2 is 2.19 bits per heavy atom. The third kappa shape index (κ3) is 2.11. The van der Waals surface area contributed by atoms with E-state index in [-0.39, 0.29) is 0 Å². The van der Waals surface area contributed by atoms with Gasteiger partial charge in [0.2, 0.25) is 0 Å². The molecule has 2 N–H and O–H groups in total. The minimum atomic E-state index is 0.592. The topological polar surface area (TPSA) is 29.3 Å². The van der Waals surface area contributed by atoms with E-state index in [1.807, 2.05) is 0 Å². The van der Waals surface area contributed by atoms with Crippen molar-refractivity contribution in [3.63, 3.8) is 0 Å². The second-order valence-corrected chi connectivity index (χ2v) is 5.64. The number of benzene rings is 1. The van der Waals surface area contributed by atoms with Gasteiger partial charge in [-0.3, -0.25) is 0 Å². The molecule has 88 valence electrons. The number of nitrogens with zero attached hydrogens (tertiary/aromatic N) is 1. The van der Waals surface area contributed by atoms with Crippen molar-refractivity contribution in [1.29, 1.82) is 0 Å². The minimum absolute atomic E-state index is 0.592. The van der Waals surface area contributed by atoms with Crippen LogP contribution in [0.4, 0.5) is 5.69 Å². The second-order valence-electron chi connectivity index (χ2n) is 4.78. The number of halogens is 1. The predicted molar refractivity (Wildman–Crippen MR) is 72.6 cm³/mol. The van der Waals surface area contributed by atoms with Gasteiger partial charge in [-0.05, 0) is 31.4 Å². The summed E-state index contributed by atoms with van der Waals surface area (Å²) in [6, 6.07) is 6.96. The van der Waals surface area contributed by atoms with Crippen LogP contribution in [0.2, 0.25) is 0 Å². The summed E-state index contributed by atoms with van der Waals surface area (Å²) in [5.41, 5.74) is 8.37.